The average Bonchev–Trinajstić information content (AvgIpc) is 2.84. The Bertz CT molecular complexity index is 694. The number of hydrazone groups is 1. The lowest BCUT2D eigenvalue weighted by Gasteiger charge is -2.03. The molecule has 0 fully saturated rings. The summed E-state index contributed by atoms with van der Waals surface area (Å²) in [6.45, 7) is 1.79. The molecule has 2 amide bonds. The topological polar surface area (TPSA) is 83.7 Å². The van der Waals surface area contributed by atoms with Crippen LogP contribution in [0.25, 0.3) is 0 Å². The van der Waals surface area contributed by atoms with E-state index in [4.69, 9.17) is 16.0 Å². The van der Waals surface area contributed by atoms with Gasteiger partial charge in [-0.05, 0) is 37.3 Å². The highest BCUT2D eigenvalue weighted by Crippen LogP contribution is 2.14. The predicted molar refractivity (Wildman–Crippen MR) is 79.3 cm³/mol. The number of hydrogen-bond donors (Lipinski definition) is 2. The lowest BCUT2D eigenvalue weighted by Crippen LogP contribution is -2.32. The number of carbonyl (C=O) groups is 2. The first-order valence-electron chi connectivity index (χ1n) is 6.01. The van der Waals surface area contributed by atoms with Gasteiger partial charge in [0, 0.05) is 10.7 Å². The van der Waals surface area contributed by atoms with Gasteiger partial charge < -0.3 is 9.73 Å². The largest absolute Gasteiger partial charge is 0.460 e. The van der Waals surface area contributed by atoms with Gasteiger partial charge in [0.2, 0.25) is 0 Å². The van der Waals surface area contributed by atoms with Crippen molar-refractivity contribution in [1.82, 2.24) is 5.43 Å². The Balaban J connectivity index is 1.88. The zero-order valence-electron chi connectivity index (χ0n) is 11.1. The molecule has 7 heteroatoms. The van der Waals surface area contributed by atoms with Crippen LogP contribution in [-0.2, 0) is 9.59 Å². The smallest absolute Gasteiger partial charge is 0.329 e. The summed E-state index contributed by atoms with van der Waals surface area (Å²) >= 11 is 5.78. The first kappa shape index (κ1) is 14.8. The van der Waals surface area contributed by atoms with Crippen LogP contribution in [0.5, 0.6) is 0 Å². The zero-order valence-corrected chi connectivity index (χ0v) is 11.8. The highest BCUT2D eigenvalue weighted by atomic mass is 35.5. The Morgan fingerprint density at radius 3 is 2.71 bits per heavy atom. The monoisotopic (exact) mass is 305 g/mol. The summed E-state index contributed by atoms with van der Waals surface area (Å²) in [5, 5.41) is 6.49. The number of anilines is 1. The molecule has 1 aromatic heterocycles. The number of furan rings is 1. The normalized spacial score (nSPS) is 10.6. The summed E-state index contributed by atoms with van der Waals surface area (Å²) in [4.78, 5) is 23.1. The molecule has 0 aliphatic rings. The number of benzene rings is 1. The molecule has 0 unspecified atom stereocenters. The Kier molecular flexibility index (Phi) is 4.73. The second kappa shape index (κ2) is 6.71. The lowest BCUT2D eigenvalue weighted by molar-refractivity contribution is -0.136. The van der Waals surface area contributed by atoms with E-state index in [0.717, 1.165) is 5.76 Å². The molecule has 1 heterocycles. The number of amides is 2. The van der Waals surface area contributed by atoms with E-state index in [1.54, 1.807) is 37.3 Å². The van der Waals surface area contributed by atoms with Gasteiger partial charge in [-0.1, -0.05) is 17.7 Å². The van der Waals surface area contributed by atoms with Gasteiger partial charge in [0.05, 0.1) is 6.21 Å². The fourth-order valence-electron chi connectivity index (χ4n) is 1.48. The van der Waals surface area contributed by atoms with Crippen molar-refractivity contribution in [2.45, 2.75) is 6.92 Å². The zero-order chi connectivity index (χ0) is 15.2. The van der Waals surface area contributed by atoms with Crippen molar-refractivity contribution in [1.29, 1.82) is 0 Å². The van der Waals surface area contributed by atoms with Gasteiger partial charge in [-0.15, -0.1) is 0 Å². The Morgan fingerprint density at radius 2 is 2.05 bits per heavy atom. The van der Waals surface area contributed by atoms with E-state index in [1.165, 1.54) is 12.3 Å². The van der Waals surface area contributed by atoms with Crippen LogP contribution in [0.15, 0.2) is 45.9 Å². The second-order valence-electron chi connectivity index (χ2n) is 4.11. The number of nitrogens with zero attached hydrogens (tertiary/aromatic N) is 1. The van der Waals surface area contributed by atoms with Crippen LogP contribution in [0.2, 0.25) is 5.02 Å². The van der Waals surface area contributed by atoms with Gasteiger partial charge in [0.15, 0.2) is 0 Å². The Morgan fingerprint density at radius 1 is 1.24 bits per heavy atom. The highest BCUT2D eigenvalue weighted by molar-refractivity contribution is 6.39. The average molecular weight is 306 g/mol. The first-order valence-corrected chi connectivity index (χ1v) is 6.39. The van der Waals surface area contributed by atoms with Crippen LogP contribution in [0.3, 0.4) is 0 Å². The van der Waals surface area contributed by atoms with E-state index in [9.17, 15) is 9.59 Å². The fourth-order valence-corrected chi connectivity index (χ4v) is 1.67. The molecule has 21 heavy (non-hydrogen) atoms. The Labute approximate surface area is 125 Å². The molecule has 1 aromatic carbocycles. The van der Waals surface area contributed by atoms with E-state index in [0.29, 0.717) is 16.5 Å². The third kappa shape index (κ3) is 4.47. The van der Waals surface area contributed by atoms with Crippen molar-refractivity contribution in [3.63, 3.8) is 0 Å². The molecule has 0 bridgehead atoms. The summed E-state index contributed by atoms with van der Waals surface area (Å²) in [6, 6.07) is 9.92. The Hall–Kier alpha value is -2.60. The van der Waals surface area contributed by atoms with Gasteiger partial charge in [-0.25, -0.2) is 5.43 Å². The lowest BCUT2D eigenvalue weighted by atomic mass is 10.3. The van der Waals surface area contributed by atoms with E-state index in [1.807, 2.05) is 0 Å². The molecule has 0 saturated carbocycles. The van der Waals surface area contributed by atoms with E-state index >= 15 is 0 Å². The molecule has 108 valence electrons. The summed E-state index contributed by atoms with van der Waals surface area (Å²) in [5.41, 5.74) is 2.52. The minimum absolute atomic E-state index is 0.424. The maximum Gasteiger partial charge on any atom is 0.329 e. The molecule has 0 spiro atoms. The van der Waals surface area contributed by atoms with Crippen molar-refractivity contribution >= 4 is 35.3 Å². The summed E-state index contributed by atoms with van der Waals surface area (Å²) < 4.78 is 5.22. The third-order valence-electron chi connectivity index (χ3n) is 2.41. The molecular weight excluding hydrogens is 294 g/mol. The first-order chi connectivity index (χ1) is 10.0. The fraction of sp³-hybridized carbons (Fsp3) is 0.0714. The molecule has 0 saturated heterocycles. The standard InChI is InChI=1S/C14H12ClN3O3/c1-9-5-6-12(21-9)8-16-18-14(20)13(19)17-11-4-2-3-10(15)7-11/h2-8H,1H3,(H,17,19)(H,18,20)/b16-8+. The minimum atomic E-state index is -0.894. The minimum Gasteiger partial charge on any atom is -0.460 e. The number of halogens is 1. The van der Waals surface area contributed by atoms with Crippen LogP contribution in [0.4, 0.5) is 5.69 Å². The van der Waals surface area contributed by atoms with Crippen molar-refractivity contribution < 1.29 is 14.0 Å². The molecule has 0 atom stereocenters. The van der Waals surface area contributed by atoms with Gasteiger partial charge in [-0.3, -0.25) is 9.59 Å². The maximum atomic E-state index is 11.6. The molecule has 2 aromatic rings. The van der Waals surface area contributed by atoms with Crippen LogP contribution in [-0.4, -0.2) is 18.0 Å². The van der Waals surface area contributed by atoms with Crippen LogP contribution in [0.1, 0.15) is 11.5 Å². The number of aryl methyl sites for hydroxylation is 1. The van der Waals surface area contributed by atoms with Crippen molar-refractivity contribution in [3.05, 3.63) is 52.9 Å². The quantitative estimate of drug-likeness (QED) is 0.518. The SMILES string of the molecule is Cc1ccc(/C=N/NC(=O)C(=O)Nc2cccc(Cl)c2)o1. The molecular formula is C14H12ClN3O3. The van der Waals surface area contributed by atoms with Crippen molar-refractivity contribution in [2.24, 2.45) is 5.10 Å². The molecule has 6 nitrogen and oxygen atoms in total. The van der Waals surface area contributed by atoms with E-state index in [2.05, 4.69) is 15.8 Å². The molecule has 2 N–H and O–H groups in total. The van der Waals surface area contributed by atoms with Gasteiger partial charge in [0.1, 0.15) is 11.5 Å². The van der Waals surface area contributed by atoms with E-state index in [-0.39, 0.29) is 0 Å². The molecule has 0 radical (unpaired) electrons. The molecule has 2 rings (SSSR count). The van der Waals surface area contributed by atoms with Crippen LogP contribution >= 0.6 is 11.6 Å². The number of carbonyl (C=O) groups excluding carboxylic acids is 2. The van der Waals surface area contributed by atoms with Gasteiger partial charge in [0.25, 0.3) is 0 Å². The predicted octanol–water partition coefficient (Wildman–Crippen LogP) is 2.33. The summed E-state index contributed by atoms with van der Waals surface area (Å²) in [7, 11) is 0. The number of hydrogen-bond acceptors (Lipinski definition) is 4. The van der Waals surface area contributed by atoms with Gasteiger partial charge >= 0.3 is 11.8 Å². The maximum absolute atomic E-state index is 11.6. The van der Waals surface area contributed by atoms with E-state index < -0.39 is 11.8 Å². The van der Waals surface area contributed by atoms with Crippen LogP contribution in [0, 0.1) is 6.92 Å². The van der Waals surface area contributed by atoms with Gasteiger partial charge in [-0.2, -0.15) is 5.10 Å². The molecule has 0 aliphatic carbocycles. The highest BCUT2D eigenvalue weighted by Gasteiger charge is 2.12. The third-order valence-corrected chi connectivity index (χ3v) is 2.64. The van der Waals surface area contributed by atoms with Crippen LogP contribution < -0.4 is 10.7 Å². The second-order valence-corrected chi connectivity index (χ2v) is 4.55. The molecule has 0 aliphatic heterocycles. The number of rotatable bonds is 3. The van der Waals surface area contributed by atoms with Crippen molar-refractivity contribution in [3.8, 4) is 0 Å². The number of nitrogens with one attached hydrogen (secondary N) is 2. The summed E-state index contributed by atoms with van der Waals surface area (Å²) in [5.74, 6) is -0.538. The van der Waals surface area contributed by atoms with Crippen molar-refractivity contribution in [2.75, 3.05) is 5.32 Å². The summed E-state index contributed by atoms with van der Waals surface area (Å²) in [6.07, 6.45) is 1.30.